The number of hydrogen-bond donors (Lipinski definition) is 1. The smallest absolute Gasteiger partial charge is 0.181 e. The topological polar surface area (TPSA) is 63.7 Å². The van der Waals surface area contributed by atoms with Crippen molar-refractivity contribution in [1.82, 2.24) is 19.9 Å². The minimum Gasteiger partial charge on any atom is -0.496 e. The van der Waals surface area contributed by atoms with Gasteiger partial charge in [0.15, 0.2) is 5.65 Å². The average molecular weight is 351 g/mol. The molecule has 0 saturated carbocycles. The van der Waals surface area contributed by atoms with Crippen molar-refractivity contribution >= 4 is 38.9 Å². The van der Waals surface area contributed by atoms with Gasteiger partial charge in [0.2, 0.25) is 0 Å². The van der Waals surface area contributed by atoms with Crippen LogP contribution in [0.4, 0.5) is 0 Å². The maximum absolute atomic E-state index is 5.22. The Kier molecular flexibility index (Phi) is 3.88. The van der Waals surface area contributed by atoms with Crippen molar-refractivity contribution in [2.24, 2.45) is 0 Å². The molecule has 20 heavy (non-hydrogen) atoms. The number of benzene rings is 1. The third-order valence-electron chi connectivity index (χ3n) is 2.78. The van der Waals surface area contributed by atoms with Crippen LogP contribution in [0.2, 0.25) is 0 Å². The number of hydrogen-bond acceptors (Lipinski definition) is 5. The van der Waals surface area contributed by atoms with Gasteiger partial charge in [0.1, 0.15) is 22.6 Å². The van der Waals surface area contributed by atoms with Gasteiger partial charge in [-0.25, -0.2) is 15.0 Å². The summed E-state index contributed by atoms with van der Waals surface area (Å²) in [5.74, 6) is 1.64. The molecule has 0 aliphatic carbocycles. The summed E-state index contributed by atoms with van der Waals surface area (Å²) in [6, 6.07) is 6.05. The van der Waals surface area contributed by atoms with Gasteiger partial charge in [0, 0.05) is 5.75 Å². The number of aromatic nitrogens is 4. The normalized spacial score (nSPS) is 10.9. The van der Waals surface area contributed by atoms with E-state index in [4.69, 9.17) is 4.74 Å². The molecule has 0 amide bonds. The largest absolute Gasteiger partial charge is 0.496 e. The number of fused-ring (bicyclic) bond motifs is 1. The van der Waals surface area contributed by atoms with Crippen molar-refractivity contribution in [2.45, 2.75) is 10.8 Å². The standard InChI is InChI=1S/C13H11BrN4OS/c1-19-10-3-2-8(4-9(10)14)5-20-13-11-12(16-6-15-11)17-7-18-13/h2-4,6-7H,5H2,1H3,(H,15,16,17,18). The van der Waals surface area contributed by atoms with Crippen molar-refractivity contribution in [3.8, 4) is 5.75 Å². The van der Waals surface area contributed by atoms with E-state index < -0.39 is 0 Å². The van der Waals surface area contributed by atoms with E-state index in [1.165, 1.54) is 11.9 Å². The zero-order chi connectivity index (χ0) is 13.9. The van der Waals surface area contributed by atoms with Gasteiger partial charge in [-0.2, -0.15) is 0 Å². The van der Waals surface area contributed by atoms with Gasteiger partial charge in [-0.05, 0) is 33.6 Å². The predicted octanol–water partition coefficient (Wildman–Crippen LogP) is 3.42. The molecular formula is C13H11BrN4OS. The summed E-state index contributed by atoms with van der Waals surface area (Å²) in [5, 5.41) is 0.902. The monoisotopic (exact) mass is 350 g/mol. The first-order valence-electron chi connectivity index (χ1n) is 5.87. The van der Waals surface area contributed by atoms with Crippen molar-refractivity contribution in [2.75, 3.05) is 7.11 Å². The fourth-order valence-electron chi connectivity index (χ4n) is 1.80. The minimum atomic E-state index is 0.693. The van der Waals surface area contributed by atoms with Gasteiger partial charge >= 0.3 is 0 Å². The molecule has 2 aromatic heterocycles. The highest BCUT2D eigenvalue weighted by Crippen LogP contribution is 2.30. The zero-order valence-electron chi connectivity index (χ0n) is 10.6. The molecule has 0 fully saturated rings. The molecule has 0 aliphatic rings. The molecule has 3 aromatic rings. The molecule has 0 spiro atoms. The highest BCUT2D eigenvalue weighted by molar-refractivity contribution is 9.10. The number of thioether (sulfide) groups is 1. The third kappa shape index (κ3) is 2.64. The quantitative estimate of drug-likeness (QED) is 0.576. The molecule has 0 saturated heterocycles. The predicted molar refractivity (Wildman–Crippen MR) is 81.9 cm³/mol. The Labute approximate surface area is 128 Å². The average Bonchev–Trinajstić information content (AvgIpc) is 2.94. The van der Waals surface area contributed by atoms with E-state index in [1.54, 1.807) is 25.2 Å². The lowest BCUT2D eigenvalue weighted by Crippen LogP contribution is -1.89. The van der Waals surface area contributed by atoms with Gasteiger partial charge in [0.25, 0.3) is 0 Å². The first-order valence-corrected chi connectivity index (χ1v) is 7.65. The summed E-state index contributed by atoms with van der Waals surface area (Å²) < 4.78 is 6.17. The van der Waals surface area contributed by atoms with Gasteiger partial charge in [0.05, 0.1) is 17.9 Å². The summed E-state index contributed by atoms with van der Waals surface area (Å²) >= 11 is 5.14. The zero-order valence-corrected chi connectivity index (χ0v) is 13.0. The lowest BCUT2D eigenvalue weighted by atomic mass is 10.2. The van der Waals surface area contributed by atoms with E-state index in [-0.39, 0.29) is 0 Å². The van der Waals surface area contributed by atoms with Crippen LogP contribution in [0.5, 0.6) is 5.75 Å². The number of rotatable bonds is 4. The summed E-state index contributed by atoms with van der Waals surface area (Å²) in [6.45, 7) is 0. The van der Waals surface area contributed by atoms with Gasteiger partial charge in [-0.15, -0.1) is 0 Å². The Balaban J connectivity index is 1.79. The van der Waals surface area contributed by atoms with Gasteiger partial charge < -0.3 is 9.72 Å². The van der Waals surface area contributed by atoms with Crippen LogP contribution in [0.25, 0.3) is 11.2 Å². The fourth-order valence-corrected chi connectivity index (χ4v) is 3.29. The summed E-state index contributed by atoms with van der Waals surface area (Å²) in [6.07, 6.45) is 3.17. The number of ether oxygens (including phenoxy) is 1. The molecule has 0 radical (unpaired) electrons. The Morgan fingerprint density at radius 3 is 3.00 bits per heavy atom. The molecule has 0 aliphatic heterocycles. The number of H-pyrrole nitrogens is 1. The molecule has 3 rings (SSSR count). The first kappa shape index (κ1) is 13.4. The fraction of sp³-hybridized carbons (Fsp3) is 0.154. The number of methoxy groups -OCH3 is 1. The summed E-state index contributed by atoms with van der Waals surface area (Å²) in [7, 11) is 1.66. The Bertz CT molecular complexity index is 746. The second-order valence-corrected chi connectivity index (χ2v) is 5.86. The number of aromatic amines is 1. The third-order valence-corrected chi connectivity index (χ3v) is 4.46. The number of nitrogens with one attached hydrogen (secondary N) is 1. The summed E-state index contributed by atoms with van der Waals surface area (Å²) in [5.41, 5.74) is 2.76. The molecule has 7 heteroatoms. The molecule has 5 nitrogen and oxygen atoms in total. The highest BCUT2D eigenvalue weighted by atomic mass is 79.9. The van der Waals surface area contributed by atoms with Gasteiger partial charge in [-0.3, -0.25) is 0 Å². The van der Waals surface area contributed by atoms with Crippen LogP contribution < -0.4 is 4.74 Å². The second kappa shape index (κ2) is 5.80. The molecule has 1 N–H and O–H groups in total. The van der Waals surface area contributed by atoms with Crippen LogP contribution >= 0.6 is 27.7 Å². The van der Waals surface area contributed by atoms with Gasteiger partial charge in [-0.1, -0.05) is 17.8 Å². The van der Waals surface area contributed by atoms with E-state index in [0.29, 0.717) is 5.65 Å². The molecule has 0 unspecified atom stereocenters. The van der Waals surface area contributed by atoms with E-state index in [0.717, 1.165) is 26.5 Å². The van der Waals surface area contributed by atoms with Crippen LogP contribution in [0, 0.1) is 0 Å². The Morgan fingerprint density at radius 2 is 2.20 bits per heavy atom. The van der Waals surface area contributed by atoms with Crippen molar-refractivity contribution in [3.63, 3.8) is 0 Å². The van der Waals surface area contributed by atoms with Crippen molar-refractivity contribution in [1.29, 1.82) is 0 Å². The molecular weight excluding hydrogens is 340 g/mol. The second-order valence-electron chi connectivity index (χ2n) is 4.04. The lowest BCUT2D eigenvalue weighted by molar-refractivity contribution is 0.412. The molecule has 2 heterocycles. The SMILES string of the molecule is COc1ccc(CSc2ncnc3nc[nH]c23)cc1Br. The number of nitrogens with zero attached hydrogens (tertiary/aromatic N) is 3. The van der Waals surface area contributed by atoms with Crippen LogP contribution in [0.3, 0.4) is 0 Å². The first-order chi connectivity index (χ1) is 9.78. The Morgan fingerprint density at radius 1 is 1.30 bits per heavy atom. The van der Waals surface area contributed by atoms with Crippen LogP contribution in [0.1, 0.15) is 5.56 Å². The van der Waals surface area contributed by atoms with Crippen molar-refractivity contribution < 1.29 is 4.74 Å². The molecule has 1 aromatic carbocycles. The molecule has 0 bridgehead atoms. The van der Waals surface area contributed by atoms with E-state index in [9.17, 15) is 0 Å². The van der Waals surface area contributed by atoms with Crippen LogP contribution in [0.15, 0.2) is 40.4 Å². The van der Waals surface area contributed by atoms with Crippen molar-refractivity contribution in [3.05, 3.63) is 40.9 Å². The van der Waals surface area contributed by atoms with E-state index in [2.05, 4.69) is 41.9 Å². The minimum absolute atomic E-state index is 0.693. The number of imidazole rings is 1. The summed E-state index contributed by atoms with van der Waals surface area (Å²) in [4.78, 5) is 15.6. The van der Waals surface area contributed by atoms with E-state index in [1.807, 2.05) is 12.1 Å². The Hall–Kier alpha value is -1.60. The van der Waals surface area contributed by atoms with Crippen LogP contribution in [-0.2, 0) is 5.75 Å². The molecule has 0 atom stereocenters. The maximum atomic E-state index is 5.22. The number of halogens is 1. The highest BCUT2D eigenvalue weighted by Gasteiger charge is 2.07. The lowest BCUT2D eigenvalue weighted by Gasteiger charge is -2.06. The van der Waals surface area contributed by atoms with E-state index >= 15 is 0 Å². The van der Waals surface area contributed by atoms with Crippen LogP contribution in [-0.4, -0.2) is 27.0 Å². The maximum Gasteiger partial charge on any atom is 0.181 e. The molecule has 102 valence electrons.